The van der Waals surface area contributed by atoms with Crippen LogP contribution in [0.3, 0.4) is 0 Å². The lowest BCUT2D eigenvalue weighted by Crippen LogP contribution is -2.40. The van der Waals surface area contributed by atoms with Gasteiger partial charge in [0.15, 0.2) is 0 Å². The second kappa shape index (κ2) is 7.54. The van der Waals surface area contributed by atoms with Crippen molar-refractivity contribution in [1.82, 2.24) is 5.32 Å². The third kappa shape index (κ3) is 5.97. The summed E-state index contributed by atoms with van der Waals surface area (Å²) in [6, 6.07) is 4.64. The summed E-state index contributed by atoms with van der Waals surface area (Å²) < 4.78 is 40.3. The van der Waals surface area contributed by atoms with Crippen LogP contribution in [0.15, 0.2) is 24.3 Å². The number of amides is 2. The molecule has 8 heteroatoms. The van der Waals surface area contributed by atoms with Gasteiger partial charge in [-0.15, -0.1) is 13.2 Å². The summed E-state index contributed by atoms with van der Waals surface area (Å²) in [5.41, 5.74) is 0.216. The van der Waals surface area contributed by atoms with Crippen molar-refractivity contribution in [3.8, 4) is 5.75 Å². The SMILES string of the molecule is O=C(Nc1cccc(OC(F)(F)F)c1)NC1CCC(CO)CC1. The van der Waals surface area contributed by atoms with E-state index in [9.17, 15) is 18.0 Å². The second-order valence-corrected chi connectivity index (χ2v) is 5.57. The summed E-state index contributed by atoms with van der Waals surface area (Å²) in [5.74, 6) is -0.105. The van der Waals surface area contributed by atoms with Crippen molar-refractivity contribution in [2.75, 3.05) is 11.9 Å². The molecule has 0 radical (unpaired) electrons. The molecule has 128 valence electrons. The van der Waals surface area contributed by atoms with Gasteiger partial charge in [-0.25, -0.2) is 4.79 Å². The number of hydrogen-bond donors (Lipinski definition) is 3. The van der Waals surface area contributed by atoms with Crippen molar-refractivity contribution < 1.29 is 27.8 Å². The minimum Gasteiger partial charge on any atom is -0.406 e. The summed E-state index contributed by atoms with van der Waals surface area (Å²) in [6.07, 6.45) is -1.54. The Labute approximate surface area is 131 Å². The highest BCUT2D eigenvalue weighted by Crippen LogP contribution is 2.26. The van der Waals surface area contributed by atoms with E-state index in [2.05, 4.69) is 15.4 Å². The van der Waals surface area contributed by atoms with E-state index in [1.54, 1.807) is 0 Å². The first-order chi connectivity index (χ1) is 10.9. The third-order valence-electron chi connectivity index (χ3n) is 3.77. The lowest BCUT2D eigenvalue weighted by atomic mass is 9.87. The smallest absolute Gasteiger partial charge is 0.406 e. The molecule has 2 amide bonds. The molecule has 1 aliphatic rings. The van der Waals surface area contributed by atoms with Crippen molar-refractivity contribution in [1.29, 1.82) is 0 Å². The second-order valence-electron chi connectivity index (χ2n) is 5.57. The number of rotatable bonds is 4. The first-order valence-electron chi connectivity index (χ1n) is 7.40. The predicted molar refractivity (Wildman–Crippen MR) is 78.1 cm³/mol. The molecule has 0 unspecified atom stereocenters. The van der Waals surface area contributed by atoms with Crippen molar-refractivity contribution >= 4 is 11.7 Å². The molecule has 1 aliphatic carbocycles. The van der Waals surface area contributed by atoms with Crippen molar-refractivity contribution in [3.63, 3.8) is 0 Å². The zero-order chi connectivity index (χ0) is 16.9. The maximum atomic E-state index is 12.2. The quantitative estimate of drug-likeness (QED) is 0.792. The molecule has 1 aromatic carbocycles. The van der Waals surface area contributed by atoms with Gasteiger partial charge in [0, 0.05) is 24.4 Å². The number of carbonyl (C=O) groups is 1. The van der Waals surface area contributed by atoms with Gasteiger partial charge in [-0.2, -0.15) is 0 Å². The van der Waals surface area contributed by atoms with Crippen LogP contribution in [-0.2, 0) is 0 Å². The van der Waals surface area contributed by atoms with Crippen molar-refractivity contribution in [2.45, 2.75) is 38.1 Å². The van der Waals surface area contributed by atoms with Crippen LogP contribution in [0.2, 0.25) is 0 Å². The number of hydrogen-bond acceptors (Lipinski definition) is 3. The molecular formula is C15H19F3N2O3. The van der Waals surface area contributed by atoms with Crippen LogP contribution in [-0.4, -0.2) is 30.1 Å². The Balaban J connectivity index is 1.84. The Morgan fingerprint density at radius 2 is 1.96 bits per heavy atom. The molecule has 1 fully saturated rings. The zero-order valence-electron chi connectivity index (χ0n) is 12.4. The Bertz CT molecular complexity index is 529. The molecule has 0 bridgehead atoms. The van der Waals surface area contributed by atoms with Gasteiger partial charge in [0.05, 0.1) is 0 Å². The Morgan fingerprint density at radius 3 is 2.57 bits per heavy atom. The number of urea groups is 1. The van der Waals surface area contributed by atoms with E-state index >= 15 is 0 Å². The van der Waals surface area contributed by atoms with E-state index in [1.165, 1.54) is 12.1 Å². The van der Waals surface area contributed by atoms with E-state index in [-0.39, 0.29) is 24.3 Å². The molecule has 5 nitrogen and oxygen atoms in total. The first kappa shape index (κ1) is 17.4. The predicted octanol–water partition coefficient (Wildman–Crippen LogP) is 3.26. The highest BCUT2D eigenvalue weighted by Gasteiger charge is 2.31. The fourth-order valence-corrected chi connectivity index (χ4v) is 2.61. The standard InChI is InChI=1S/C15H19F3N2O3/c16-15(17,18)23-13-3-1-2-12(8-13)20-14(22)19-11-6-4-10(9-21)5-7-11/h1-3,8,10-11,21H,4-7,9H2,(H2,19,20,22). The minimum atomic E-state index is -4.77. The molecule has 0 atom stereocenters. The maximum absolute atomic E-state index is 12.2. The summed E-state index contributed by atoms with van der Waals surface area (Å²) >= 11 is 0. The van der Waals surface area contributed by atoms with E-state index in [0.29, 0.717) is 0 Å². The summed E-state index contributed by atoms with van der Waals surface area (Å²) in [7, 11) is 0. The van der Waals surface area contributed by atoms with Gasteiger partial charge in [-0.3, -0.25) is 0 Å². The van der Waals surface area contributed by atoms with Crippen molar-refractivity contribution in [3.05, 3.63) is 24.3 Å². The van der Waals surface area contributed by atoms with Gasteiger partial charge < -0.3 is 20.5 Å². The lowest BCUT2D eigenvalue weighted by molar-refractivity contribution is -0.274. The van der Waals surface area contributed by atoms with E-state index < -0.39 is 18.1 Å². The number of carbonyl (C=O) groups excluding carboxylic acids is 1. The van der Waals surface area contributed by atoms with Gasteiger partial charge in [0.25, 0.3) is 0 Å². The summed E-state index contributed by atoms with van der Waals surface area (Å²) in [6.45, 7) is 0.158. The highest BCUT2D eigenvalue weighted by atomic mass is 19.4. The van der Waals surface area contributed by atoms with E-state index in [4.69, 9.17) is 5.11 Å². The van der Waals surface area contributed by atoms with Gasteiger partial charge >= 0.3 is 12.4 Å². The lowest BCUT2D eigenvalue weighted by Gasteiger charge is -2.27. The fourth-order valence-electron chi connectivity index (χ4n) is 2.61. The number of anilines is 1. The average Bonchev–Trinajstić information content (AvgIpc) is 2.46. The van der Waals surface area contributed by atoms with Gasteiger partial charge in [-0.1, -0.05) is 6.07 Å². The molecule has 2 rings (SSSR count). The van der Waals surface area contributed by atoms with Crippen LogP contribution >= 0.6 is 0 Å². The molecule has 0 heterocycles. The van der Waals surface area contributed by atoms with Crippen molar-refractivity contribution in [2.24, 2.45) is 5.92 Å². The largest absolute Gasteiger partial charge is 0.573 e. The maximum Gasteiger partial charge on any atom is 0.573 e. The highest BCUT2D eigenvalue weighted by molar-refractivity contribution is 5.89. The van der Waals surface area contributed by atoms with Crippen LogP contribution < -0.4 is 15.4 Å². The fraction of sp³-hybridized carbons (Fsp3) is 0.533. The zero-order valence-corrected chi connectivity index (χ0v) is 12.4. The number of aliphatic hydroxyl groups excluding tert-OH is 1. The number of aliphatic hydroxyl groups is 1. The van der Waals surface area contributed by atoms with Crippen LogP contribution in [0.5, 0.6) is 5.75 Å². The Kier molecular flexibility index (Phi) is 5.70. The first-order valence-corrected chi connectivity index (χ1v) is 7.40. The van der Waals surface area contributed by atoms with E-state index in [1.807, 2.05) is 0 Å². The van der Waals surface area contributed by atoms with Crippen LogP contribution in [0, 0.1) is 5.92 Å². The van der Waals surface area contributed by atoms with Crippen LogP contribution in [0.1, 0.15) is 25.7 Å². The Hall–Kier alpha value is -1.96. The molecule has 3 N–H and O–H groups in total. The molecule has 0 spiro atoms. The number of alkyl halides is 3. The van der Waals surface area contributed by atoms with Crippen LogP contribution in [0.4, 0.5) is 23.7 Å². The number of halogens is 3. The summed E-state index contributed by atoms with van der Waals surface area (Å²) in [5, 5.41) is 14.3. The third-order valence-corrected chi connectivity index (χ3v) is 3.77. The van der Waals surface area contributed by atoms with Gasteiger partial charge in [-0.05, 0) is 43.7 Å². The van der Waals surface area contributed by atoms with Gasteiger partial charge in [0.1, 0.15) is 5.75 Å². The minimum absolute atomic E-state index is 0.00686. The monoisotopic (exact) mass is 332 g/mol. The van der Waals surface area contributed by atoms with Crippen LogP contribution in [0.25, 0.3) is 0 Å². The Morgan fingerprint density at radius 1 is 1.26 bits per heavy atom. The molecule has 1 saturated carbocycles. The number of nitrogens with one attached hydrogen (secondary N) is 2. The molecule has 1 aromatic rings. The molecule has 23 heavy (non-hydrogen) atoms. The average molecular weight is 332 g/mol. The molecule has 0 saturated heterocycles. The topological polar surface area (TPSA) is 70.6 Å². The van der Waals surface area contributed by atoms with Gasteiger partial charge in [0.2, 0.25) is 0 Å². The molecule has 0 aliphatic heterocycles. The molecular weight excluding hydrogens is 313 g/mol. The number of ether oxygens (including phenoxy) is 1. The number of benzene rings is 1. The summed E-state index contributed by atoms with van der Waals surface area (Å²) in [4.78, 5) is 11.9. The molecule has 0 aromatic heterocycles. The van der Waals surface area contributed by atoms with E-state index in [0.717, 1.165) is 37.8 Å². The normalized spacial score (nSPS) is 21.6.